The van der Waals surface area contributed by atoms with Crippen LogP contribution in [0.15, 0.2) is 79.3 Å². The number of rotatable bonds is 10. The maximum atomic E-state index is 14.8. The van der Waals surface area contributed by atoms with E-state index in [1.165, 1.54) is 10.9 Å². The molecule has 0 saturated heterocycles. The SMILES string of the molecule is CC(C)(C)C(c1nc(-c2ccccc2)cn1Cc1ccccc1)N(CC(F)CN)C(=O)Cn1ccnn1. The first kappa shape index (κ1) is 26.2. The van der Waals surface area contributed by atoms with Crippen LogP contribution < -0.4 is 5.73 Å². The molecule has 2 heterocycles. The zero-order valence-electron chi connectivity index (χ0n) is 21.5. The molecule has 2 aromatic heterocycles. The highest BCUT2D eigenvalue weighted by atomic mass is 19.1. The van der Waals surface area contributed by atoms with Crippen molar-refractivity contribution in [2.75, 3.05) is 13.1 Å². The Kier molecular flexibility index (Phi) is 8.13. The number of carbonyl (C=O) groups is 1. The average molecular weight is 504 g/mol. The van der Waals surface area contributed by atoms with Crippen molar-refractivity contribution < 1.29 is 9.18 Å². The van der Waals surface area contributed by atoms with Crippen molar-refractivity contribution in [2.45, 2.75) is 46.1 Å². The number of aromatic nitrogens is 5. The Morgan fingerprint density at radius 3 is 2.35 bits per heavy atom. The van der Waals surface area contributed by atoms with Crippen LogP contribution in [-0.4, -0.2) is 54.6 Å². The molecule has 8 nitrogen and oxygen atoms in total. The average Bonchev–Trinajstić information content (AvgIpc) is 3.54. The van der Waals surface area contributed by atoms with Crippen molar-refractivity contribution in [3.05, 3.63) is 90.6 Å². The predicted molar refractivity (Wildman–Crippen MR) is 141 cm³/mol. The lowest BCUT2D eigenvalue weighted by atomic mass is 9.84. The zero-order chi connectivity index (χ0) is 26.4. The molecular weight excluding hydrogens is 469 g/mol. The highest BCUT2D eigenvalue weighted by Crippen LogP contribution is 2.39. The Hall–Kier alpha value is -3.85. The van der Waals surface area contributed by atoms with E-state index < -0.39 is 17.6 Å². The monoisotopic (exact) mass is 503 g/mol. The molecule has 2 unspecified atom stereocenters. The van der Waals surface area contributed by atoms with E-state index in [0.717, 1.165) is 16.8 Å². The summed E-state index contributed by atoms with van der Waals surface area (Å²) in [6.45, 7) is 6.27. The summed E-state index contributed by atoms with van der Waals surface area (Å²) in [7, 11) is 0. The number of nitrogens with two attached hydrogens (primary N) is 1. The molecule has 0 aliphatic carbocycles. The molecule has 2 N–H and O–H groups in total. The molecule has 2 atom stereocenters. The molecule has 0 saturated carbocycles. The molecule has 0 aliphatic rings. The Labute approximate surface area is 216 Å². The van der Waals surface area contributed by atoms with Gasteiger partial charge >= 0.3 is 0 Å². The summed E-state index contributed by atoms with van der Waals surface area (Å²) in [4.78, 5) is 20.3. The van der Waals surface area contributed by atoms with Gasteiger partial charge in [0.1, 0.15) is 18.5 Å². The van der Waals surface area contributed by atoms with Crippen LogP contribution in [0, 0.1) is 5.41 Å². The number of amides is 1. The lowest BCUT2D eigenvalue weighted by Crippen LogP contribution is -2.47. The topological polar surface area (TPSA) is 94.9 Å². The second-order valence-corrected chi connectivity index (χ2v) is 10.2. The second-order valence-electron chi connectivity index (χ2n) is 10.2. The molecule has 37 heavy (non-hydrogen) atoms. The van der Waals surface area contributed by atoms with Crippen LogP contribution >= 0.6 is 0 Å². The van der Waals surface area contributed by atoms with Crippen LogP contribution in [0.2, 0.25) is 0 Å². The fraction of sp³-hybridized carbons (Fsp3) is 0.357. The van der Waals surface area contributed by atoms with Crippen LogP contribution in [0.25, 0.3) is 11.3 Å². The summed E-state index contributed by atoms with van der Waals surface area (Å²) in [6, 6.07) is 19.4. The number of alkyl halides is 1. The lowest BCUT2D eigenvalue weighted by Gasteiger charge is -2.40. The summed E-state index contributed by atoms with van der Waals surface area (Å²) >= 11 is 0. The largest absolute Gasteiger partial charge is 0.328 e. The van der Waals surface area contributed by atoms with E-state index in [9.17, 15) is 9.18 Å². The number of imidazole rings is 1. The van der Waals surface area contributed by atoms with Crippen molar-refractivity contribution in [3.8, 4) is 11.3 Å². The van der Waals surface area contributed by atoms with Crippen molar-refractivity contribution >= 4 is 5.91 Å². The fourth-order valence-corrected chi connectivity index (χ4v) is 4.48. The van der Waals surface area contributed by atoms with Gasteiger partial charge in [-0.25, -0.2) is 14.1 Å². The van der Waals surface area contributed by atoms with E-state index in [1.807, 2.05) is 75.5 Å². The van der Waals surface area contributed by atoms with Gasteiger partial charge in [0, 0.05) is 31.0 Å². The van der Waals surface area contributed by atoms with Crippen molar-refractivity contribution in [2.24, 2.45) is 11.1 Å². The number of benzene rings is 2. The highest BCUT2D eigenvalue weighted by Gasteiger charge is 2.39. The van der Waals surface area contributed by atoms with E-state index in [0.29, 0.717) is 12.4 Å². The third-order valence-electron chi connectivity index (χ3n) is 6.19. The highest BCUT2D eigenvalue weighted by molar-refractivity contribution is 5.76. The van der Waals surface area contributed by atoms with E-state index >= 15 is 0 Å². The second kappa shape index (κ2) is 11.5. The molecule has 4 rings (SSSR count). The molecule has 0 bridgehead atoms. The summed E-state index contributed by atoms with van der Waals surface area (Å²) in [6.07, 6.45) is 3.75. The van der Waals surface area contributed by atoms with E-state index in [1.54, 1.807) is 11.1 Å². The van der Waals surface area contributed by atoms with Crippen molar-refractivity contribution in [1.29, 1.82) is 0 Å². The Balaban J connectivity index is 1.83. The Morgan fingerprint density at radius 1 is 1.08 bits per heavy atom. The molecule has 0 aliphatic heterocycles. The Morgan fingerprint density at radius 2 is 1.76 bits per heavy atom. The first-order valence-corrected chi connectivity index (χ1v) is 12.4. The van der Waals surface area contributed by atoms with Gasteiger partial charge in [-0.2, -0.15) is 0 Å². The van der Waals surface area contributed by atoms with E-state index in [4.69, 9.17) is 10.7 Å². The maximum Gasteiger partial charge on any atom is 0.245 e. The summed E-state index contributed by atoms with van der Waals surface area (Å²) in [5.74, 6) is 0.406. The molecule has 1 amide bonds. The molecule has 0 fully saturated rings. The van der Waals surface area contributed by atoms with Crippen LogP contribution in [-0.2, 0) is 17.9 Å². The molecule has 0 radical (unpaired) electrons. The first-order chi connectivity index (χ1) is 17.8. The first-order valence-electron chi connectivity index (χ1n) is 12.4. The maximum absolute atomic E-state index is 14.8. The van der Waals surface area contributed by atoms with Gasteiger partial charge in [-0.1, -0.05) is 86.6 Å². The third-order valence-corrected chi connectivity index (χ3v) is 6.19. The normalized spacial score (nSPS) is 13.3. The van der Waals surface area contributed by atoms with Crippen LogP contribution in [0.5, 0.6) is 0 Å². The minimum atomic E-state index is -1.38. The van der Waals surface area contributed by atoms with Gasteiger partial charge in [-0.3, -0.25) is 4.79 Å². The lowest BCUT2D eigenvalue weighted by molar-refractivity contribution is -0.138. The fourth-order valence-electron chi connectivity index (χ4n) is 4.48. The van der Waals surface area contributed by atoms with E-state index in [-0.39, 0.29) is 25.5 Å². The van der Waals surface area contributed by atoms with Crippen LogP contribution in [0.3, 0.4) is 0 Å². The summed E-state index contributed by atoms with van der Waals surface area (Å²) in [5, 5.41) is 7.72. The van der Waals surface area contributed by atoms with Crippen LogP contribution in [0.1, 0.15) is 38.2 Å². The molecule has 2 aromatic carbocycles. The molecule has 4 aromatic rings. The molecule has 9 heteroatoms. The minimum Gasteiger partial charge on any atom is -0.328 e. The van der Waals surface area contributed by atoms with E-state index in [2.05, 4.69) is 27.0 Å². The van der Waals surface area contributed by atoms with Crippen molar-refractivity contribution in [3.63, 3.8) is 0 Å². The third kappa shape index (κ3) is 6.48. The van der Waals surface area contributed by atoms with Gasteiger partial charge in [0.15, 0.2) is 0 Å². The Bertz CT molecular complexity index is 1270. The van der Waals surface area contributed by atoms with Gasteiger partial charge in [0.05, 0.1) is 24.5 Å². The van der Waals surface area contributed by atoms with Crippen LogP contribution in [0.4, 0.5) is 4.39 Å². The minimum absolute atomic E-state index is 0.0607. The number of halogens is 1. The quantitative estimate of drug-likeness (QED) is 0.352. The molecule has 0 spiro atoms. The van der Waals surface area contributed by atoms with Gasteiger partial charge in [-0.15, -0.1) is 5.10 Å². The van der Waals surface area contributed by atoms with Gasteiger partial charge in [0.2, 0.25) is 5.91 Å². The zero-order valence-corrected chi connectivity index (χ0v) is 21.5. The summed E-state index contributed by atoms with van der Waals surface area (Å²) < 4.78 is 18.3. The molecular formula is C28H34FN7O. The molecule has 194 valence electrons. The summed E-state index contributed by atoms with van der Waals surface area (Å²) in [5.41, 5.74) is 8.04. The number of nitrogens with zero attached hydrogens (tertiary/aromatic N) is 6. The van der Waals surface area contributed by atoms with Crippen molar-refractivity contribution in [1.82, 2.24) is 29.4 Å². The smallest absolute Gasteiger partial charge is 0.245 e. The van der Waals surface area contributed by atoms with Gasteiger partial charge in [0.25, 0.3) is 0 Å². The number of hydrogen-bond donors (Lipinski definition) is 1. The van der Waals surface area contributed by atoms with Gasteiger partial charge in [-0.05, 0) is 11.0 Å². The standard InChI is InChI=1S/C28H34FN7O/c1-28(2,3)26(36(18-23(29)16-30)25(37)20-35-15-14-31-33-35)27-32-24(22-12-8-5-9-13-22)19-34(27)17-21-10-6-4-7-11-21/h4-15,19,23,26H,16-18,20,30H2,1-3H3. The number of hydrogen-bond acceptors (Lipinski definition) is 5. The predicted octanol–water partition coefficient (Wildman–Crippen LogP) is 4.10. The van der Waals surface area contributed by atoms with Gasteiger partial charge < -0.3 is 15.2 Å². The number of carbonyl (C=O) groups excluding carboxylic acids is 1.